The molecule has 0 amide bonds. The highest BCUT2D eigenvalue weighted by Crippen LogP contribution is 2.57. The van der Waals surface area contributed by atoms with Crippen molar-refractivity contribution in [3.05, 3.63) is 30.3 Å². The lowest BCUT2D eigenvalue weighted by Crippen LogP contribution is -2.35. The largest absolute Gasteiger partial charge is 0.347 e. The Hall–Kier alpha value is -0.710. The first kappa shape index (κ1) is 10.4. The minimum absolute atomic E-state index is 0.605. The highest BCUT2D eigenvalue weighted by molar-refractivity contribution is 7.86. The maximum absolute atomic E-state index is 12.5. The van der Waals surface area contributed by atoms with E-state index in [1.54, 1.807) is 0 Å². The molecule has 0 radical (unpaired) electrons. The number of epoxide rings is 1. The van der Waals surface area contributed by atoms with Crippen LogP contribution in [0.2, 0.25) is 0 Å². The van der Waals surface area contributed by atoms with Crippen molar-refractivity contribution in [2.45, 2.75) is 35.4 Å². The van der Waals surface area contributed by atoms with Crippen molar-refractivity contribution in [1.82, 2.24) is 0 Å². The Morgan fingerprint density at radius 2 is 2.06 bits per heavy atom. The smallest absolute Gasteiger partial charge is 0.209 e. The second-order valence-corrected chi connectivity index (χ2v) is 6.00. The van der Waals surface area contributed by atoms with Crippen LogP contribution in [-0.2, 0) is 20.3 Å². The van der Waals surface area contributed by atoms with Gasteiger partial charge in [0.15, 0.2) is 0 Å². The van der Waals surface area contributed by atoms with Crippen molar-refractivity contribution in [3.63, 3.8) is 0 Å². The maximum atomic E-state index is 12.5. The molecule has 0 aromatic heterocycles. The quantitative estimate of drug-likeness (QED) is 0.740. The molecular formula is C12H14O3S. The lowest BCUT2D eigenvalue weighted by atomic mass is 10.1. The average molecular weight is 238 g/mol. The zero-order valence-electron chi connectivity index (χ0n) is 9.14. The highest BCUT2D eigenvalue weighted by Gasteiger charge is 2.73. The van der Waals surface area contributed by atoms with E-state index in [1.165, 1.54) is 0 Å². The van der Waals surface area contributed by atoms with Gasteiger partial charge in [-0.1, -0.05) is 18.2 Å². The highest BCUT2D eigenvalue weighted by atomic mass is 32.2. The van der Waals surface area contributed by atoms with Gasteiger partial charge in [-0.15, -0.1) is 0 Å². The van der Waals surface area contributed by atoms with Crippen molar-refractivity contribution in [3.8, 4) is 0 Å². The van der Waals surface area contributed by atoms with Crippen LogP contribution in [-0.4, -0.2) is 21.5 Å². The van der Waals surface area contributed by atoms with E-state index in [-0.39, 0.29) is 0 Å². The second-order valence-electron chi connectivity index (χ2n) is 4.33. The molecule has 0 aliphatic carbocycles. The summed E-state index contributed by atoms with van der Waals surface area (Å²) in [6.45, 7) is 2.58. The van der Waals surface area contributed by atoms with Crippen molar-refractivity contribution in [1.29, 1.82) is 0 Å². The molecule has 2 aliphatic heterocycles. The molecule has 3 atom stereocenters. The summed E-state index contributed by atoms with van der Waals surface area (Å²) < 4.78 is 23.7. The summed E-state index contributed by atoms with van der Waals surface area (Å²) in [5, 5.41) is 0. The fraction of sp³-hybridized carbons (Fsp3) is 0.500. The number of hydrogen-bond acceptors (Lipinski definition) is 3. The standard InChI is InChI=1S/C12H14O3S/c1-11-12(15-11,8-5-9-14-11)16(13)10-6-3-2-4-7-10/h2-4,6-7H,5,8-9H2,1H3. The number of rotatable bonds is 2. The summed E-state index contributed by atoms with van der Waals surface area (Å²) in [6.07, 6.45) is 1.72. The monoisotopic (exact) mass is 238 g/mol. The minimum Gasteiger partial charge on any atom is -0.347 e. The lowest BCUT2D eigenvalue weighted by Gasteiger charge is -2.21. The molecule has 4 heteroatoms. The van der Waals surface area contributed by atoms with Gasteiger partial charge < -0.3 is 9.47 Å². The van der Waals surface area contributed by atoms with Crippen LogP contribution in [0.4, 0.5) is 0 Å². The van der Waals surface area contributed by atoms with E-state index in [0.717, 1.165) is 17.7 Å². The molecule has 2 heterocycles. The molecule has 0 spiro atoms. The van der Waals surface area contributed by atoms with E-state index in [2.05, 4.69) is 0 Å². The Labute approximate surface area is 97.2 Å². The van der Waals surface area contributed by atoms with Gasteiger partial charge in [-0.3, -0.25) is 4.21 Å². The molecule has 0 bridgehead atoms. The van der Waals surface area contributed by atoms with Gasteiger partial charge in [-0.25, -0.2) is 0 Å². The maximum Gasteiger partial charge on any atom is 0.209 e. The first-order valence-corrected chi connectivity index (χ1v) is 6.64. The fourth-order valence-corrected chi connectivity index (χ4v) is 4.06. The van der Waals surface area contributed by atoms with Crippen molar-refractivity contribution >= 4 is 10.8 Å². The van der Waals surface area contributed by atoms with Gasteiger partial charge >= 0.3 is 0 Å². The van der Waals surface area contributed by atoms with Crippen LogP contribution in [0, 0.1) is 0 Å². The predicted molar refractivity (Wildman–Crippen MR) is 60.3 cm³/mol. The first-order chi connectivity index (χ1) is 7.68. The summed E-state index contributed by atoms with van der Waals surface area (Å²) in [6, 6.07) is 9.46. The SMILES string of the molecule is CC12OCCCC1(S(=O)c1ccccc1)O2. The van der Waals surface area contributed by atoms with Crippen LogP contribution in [0.3, 0.4) is 0 Å². The average Bonchev–Trinajstić information content (AvgIpc) is 2.97. The molecule has 0 N–H and O–H groups in total. The second kappa shape index (κ2) is 3.39. The van der Waals surface area contributed by atoms with Gasteiger partial charge in [-0.2, -0.15) is 0 Å². The Morgan fingerprint density at radius 3 is 2.75 bits per heavy atom. The summed E-state index contributed by atoms with van der Waals surface area (Å²) in [7, 11) is -1.15. The van der Waals surface area contributed by atoms with Crippen LogP contribution in [0.1, 0.15) is 19.8 Å². The molecule has 2 aliphatic rings. The Bertz CT molecular complexity index is 429. The number of hydrogen-bond donors (Lipinski definition) is 0. The number of ether oxygens (including phenoxy) is 2. The zero-order chi connectivity index (χ0) is 11.2. The van der Waals surface area contributed by atoms with Crippen LogP contribution in [0.5, 0.6) is 0 Å². The Morgan fingerprint density at radius 1 is 1.31 bits per heavy atom. The lowest BCUT2D eigenvalue weighted by molar-refractivity contribution is -0.0366. The van der Waals surface area contributed by atoms with Gasteiger partial charge in [0.05, 0.1) is 17.4 Å². The minimum atomic E-state index is -1.15. The van der Waals surface area contributed by atoms with Crippen molar-refractivity contribution in [2.75, 3.05) is 6.61 Å². The summed E-state index contributed by atoms with van der Waals surface area (Å²) in [4.78, 5) is 0.212. The molecule has 2 saturated heterocycles. The van der Waals surface area contributed by atoms with Gasteiger partial charge in [0.2, 0.25) is 10.7 Å². The van der Waals surface area contributed by atoms with Gasteiger partial charge in [-0.05, 0) is 31.9 Å². The molecule has 16 heavy (non-hydrogen) atoms. The third-order valence-electron chi connectivity index (χ3n) is 3.29. The molecule has 2 fully saturated rings. The van der Waals surface area contributed by atoms with Crippen molar-refractivity contribution < 1.29 is 13.7 Å². The van der Waals surface area contributed by atoms with Gasteiger partial charge in [0.25, 0.3) is 0 Å². The summed E-state index contributed by atoms with van der Waals surface area (Å²) >= 11 is 0. The van der Waals surface area contributed by atoms with Crippen LogP contribution >= 0.6 is 0 Å². The molecule has 1 aromatic carbocycles. The molecule has 1 aromatic rings. The molecular weight excluding hydrogens is 224 g/mol. The third kappa shape index (κ3) is 1.30. The summed E-state index contributed by atoms with van der Waals surface area (Å²) in [5.41, 5.74) is 0. The molecule has 3 unspecified atom stereocenters. The van der Waals surface area contributed by atoms with Crippen LogP contribution in [0.25, 0.3) is 0 Å². The topological polar surface area (TPSA) is 38.8 Å². The Kier molecular flexibility index (Phi) is 2.21. The van der Waals surface area contributed by atoms with E-state index in [0.29, 0.717) is 6.61 Å². The van der Waals surface area contributed by atoms with Crippen LogP contribution < -0.4 is 0 Å². The van der Waals surface area contributed by atoms with Crippen molar-refractivity contribution in [2.24, 2.45) is 0 Å². The van der Waals surface area contributed by atoms with Gasteiger partial charge in [0.1, 0.15) is 0 Å². The van der Waals surface area contributed by atoms with E-state index in [1.807, 2.05) is 37.3 Å². The van der Waals surface area contributed by atoms with E-state index in [4.69, 9.17) is 9.47 Å². The zero-order valence-corrected chi connectivity index (χ0v) is 9.96. The van der Waals surface area contributed by atoms with E-state index >= 15 is 0 Å². The normalized spacial score (nSPS) is 38.8. The molecule has 3 rings (SSSR count). The molecule has 86 valence electrons. The number of benzene rings is 1. The summed E-state index contributed by atoms with van der Waals surface area (Å²) in [5.74, 6) is -0.633. The Balaban J connectivity index is 1.92. The third-order valence-corrected chi connectivity index (χ3v) is 5.25. The van der Waals surface area contributed by atoms with E-state index in [9.17, 15) is 4.21 Å². The molecule has 3 nitrogen and oxygen atoms in total. The van der Waals surface area contributed by atoms with Gasteiger partial charge in [0, 0.05) is 4.90 Å². The predicted octanol–water partition coefficient (Wildman–Crippen LogP) is 2.05. The number of fused-ring (bicyclic) bond motifs is 1. The van der Waals surface area contributed by atoms with Crippen LogP contribution in [0.15, 0.2) is 35.2 Å². The first-order valence-electron chi connectivity index (χ1n) is 5.49. The van der Waals surface area contributed by atoms with E-state index < -0.39 is 21.5 Å². The fourth-order valence-electron chi connectivity index (χ4n) is 2.31. The molecule has 0 saturated carbocycles.